The number of amides is 1. The second-order valence-electron chi connectivity index (χ2n) is 10.4. The molecule has 1 heterocycles. The Morgan fingerprint density at radius 2 is 1.13 bits per heavy atom. The molecule has 0 atom stereocenters. The molecule has 0 radical (unpaired) electrons. The number of likely N-dealkylation sites (N-methyl/N-ethyl adjacent to an activating group) is 1. The summed E-state index contributed by atoms with van der Waals surface area (Å²) in [5.74, 6) is 0.503. The maximum absolute atomic E-state index is 13.5. The molecule has 4 saturated carbocycles. The van der Waals surface area contributed by atoms with Crippen LogP contribution in [0.5, 0.6) is 0 Å². The molecule has 4 heteroatoms. The molecule has 4 aliphatic carbocycles. The van der Waals surface area contributed by atoms with Gasteiger partial charge in [-0.2, -0.15) is 0 Å². The molecule has 5 rings (SSSR count). The van der Waals surface area contributed by atoms with Crippen molar-refractivity contribution >= 4 is 18.3 Å². The van der Waals surface area contributed by atoms with Gasteiger partial charge in [0, 0.05) is 26.2 Å². The highest BCUT2D eigenvalue weighted by Gasteiger charge is 2.66. The molecule has 23 heavy (non-hydrogen) atoms. The van der Waals surface area contributed by atoms with Gasteiger partial charge in [-0.05, 0) is 61.8 Å². The summed E-state index contributed by atoms with van der Waals surface area (Å²) in [6.45, 7) is 11.3. The van der Waals surface area contributed by atoms with Gasteiger partial charge in [0.25, 0.3) is 0 Å². The molecule has 5 aliphatic rings. The van der Waals surface area contributed by atoms with Crippen molar-refractivity contribution in [3.63, 3.8) is 0 Å². The molecule has 1 aliphatic heterocycles. The van der Waals surface area contributed by atoms with Crippen molar-refractivity contribution in [1.29, 1.82) is 0 Å². The molecule has 0 aromatic rings. The molecule has 0 N–H and O–H groups in total. The Bertz CT molecular complexity index is 458. The molecule has 0 aromatic heterocycles. The zero-order valence-corrected chi connectivity index (χ0v) is 16.1. The highest BCUT2D eigenvalue weighted by molar-refractivity contribution is 5.85. The molecule has 132 valence electrons. The average Bonchev–Trinajstić information content (AvgIpc) is 2.33. The number of hydrogen-bond acceptors (Lipinski definition) is 2. The predicted molar refractivity (Wildman–Crippen MR) is 95.8 cm³/mol. The van der Waals surface area contributed by atoms with Gasteiger partial charge in [0.2, 0.25) is 5.91 Å². The average molecular weight is 341 g/mol. The first-order chi connectivity index (χ1) is 10.2. The summed E-state index contributed by atoms with van der Waals surface area (Å²) >= 11 is 0. The number of rotatable bonds is 1. The summed E-state index contributed by atoms with van der Waals surface area (Å²) in [6.07, 6.45) is 7.47. The summed E-state index contributed by atoms with van der Waals surface area (Å²) in [6, 6.07) is 0. The van der Waals surface area contributed by atoms with Crippen LogP contribution in [-0.4, -0.2) is 48.9 Å². The molecule has 3 nitrogen and oxygen atoms in total. The number of carbonyl (C=O) groups excluding carboxylic acids is 1. The topological polar surface area (TPSA) is 23.6 Å². The monoisotopic (exact) mass is 340 g/mol. The number of hydrogen-bond donors (Lipinski definition) is 0. The molecule has 0 unspecified atom stereocenters. The van der Waals surface area contributed by atoms with Gasteiger partial charge in [-0.3, -0.25) is 4.79 Å². The summed E-state index contributed by atoms with van der Waals surface area (Å²) in [4.78, 5) is 18.0. The summed E-state index contributed by atoms with van der Waals surface area (Å²) in [5.41, 5.74) is 1.17. The van der Waals surface area contributed by atoms with Gasteiger partial charge < -0.3 is 9.80 Å². The number of piperazine rings is 1. The van der Waals surface area contributed by atoms with Gasteiger partial charge in [0.15, 0.2) is 0 Å². The van der Waals surface area contributed by atoms with E-state index in [1.165, 1.54) is 19.3 Å². The van der Waals surface area contributed by atoms with Gasteiger partial charge >= 0.3 is 0 Å². The van der Waals surface area contributed by atoms with Crippen molar-refractivity contribution in [2.75, 3.05) is 33.2 Å². The summed E-state index contributed by atoms with van der Waals surface area (Å²) in [7, 11) is 2.16. The Labute approximate surface area is 147 Å². The molecule has 5 fully saturated rings. The highest BCUT2D eigenvalue weighted by Crippen LogP contribution is 2.73. The first-order valence-electron chi connectivity index (χ1n) is 9.13. The van der Waals surface area contributed by atoms with Crippen molar-refractivity contribution in [2.24, 2.45) is 21.7 Å². The smallest absolute Gasteiger partial charge is 0.228 e. The van der Waals surface area contributed by atoms with Crippen LogP contribution in [0, 0.1) is 21.7 Å². The fraction of sp³-hybridized carbons (Fsp3) is 0.947. The molecule has 0 spiro atoms. The molecule has 1 amide bonds. The minimum atomic E-state index is -0.0388. The Hall–Kier alpha value is -0.280. The van der Waals surface area contributed by atoms with E-state index >= 15 is 0 Å². The third-order valence-electron chi connectivity index (χ3n) is 7.10. The Morgan fingerprint density at radius 1 is 0.739 bits per heavy atom. The highest BCUT2D eigenvalue weighted by atomic mass is 35.5. The first-order valence-corrected chi connectivity index (χ1v) is 9.13. The number of nitrogens with zero attached hydrogens (tertiary/aromatic N) is 2. The van der Waals surface area contributed by atoms with Gasteiger partial charge in [-0.1, -0.05) is 20.8 Å². The van der Waals surface area contributed by atoms with E-state index < -0.39 is 0 Å². The lowest BCUT2D eigenvalue weighted by Crippen LogP contribution is -2.64. The van der Waals surface area contributed by atoms with E-state index in [-0.39, 0.29) is 17.8 Å². The maximum atomic E-state index is 13.5. The van der Waals surface area contributed by atoms with Crippen molar-refractivity contribution in [3.8, 4) is 0 Å². The van der Waals surface area contributed by atoms with E-state index in [0.717, 1.165) is 45.4 Å². The van der Waals surface area contributed by atoms with Crippen molar-refractivity contribution in [3.05, 3.63) is 0 Å². The fourth-order valence-corrected chi connectivity index (χ4v) is 7.86. The van der Waals surface area contributed by atoms with E-state index in [9.17, 15) is 4.79 Å². The predicted octanol–water partition coefficient (Wildman–Crippen LogP) is 3.57. The van der Waals surface area contributed by atoms with Gasteiger partial charge in [-0.15, -0.1) is 12.4 Å². The Kier molecular flexibility index (Phi) is 3.90. The van der Waals surface area contributed by atoms with E-state index in [1.807, 2.05) is 0 Å². The number of halogens is 1. The second kappa shape index (κ2) is 5.11. The van der Waals surface area contributed by atoms with Crippen molar-refractivity contribution < 1.29 is 4.79 Å². The SMILES string of the molecule is CN1CCN(C(=O)C23CC4(C)CC(C)(CC(C)(C4)C2)C3)CC1.Cl. The van der Waals surface area contributed by atoms with Crippen molar-refractivity contribution in [1.82, 2.24) is 9.80 Å². The summed E-state index contributed by atoms with van der Waals surface area (Å²) in [5, 5.41) is 0. The molecule has 0 aromatic carbocycles. The van der Waals surface area contributed by atoms with E-state index in [0.29, 0.717) is 22.2 Å². The zero-order chi connectivity index (χ0) is 15.8. The number of carbonyl (C=O) groups is 1. The van der Waals surface area contributed by atoms with Gasteiger partial charge in [0.05, 0.1) is 5.41 Å². The lowest BCUT2D eigenvalue weighted by atomic mass is 9.36. The zero-order valence-electron chi connectivity index (χ0n) is 15.3. The minimum absolute atomic E-state index is 0. The van der Waals surface area contributed by atoms with Crippen LogP contribution in [0.1, 0.15) is 59.3 Å². The molecular formula is C19H33ClN2O. The van der Waals surface area contributed by atoms with Gasteiger partial charge in [0.1, 0.15) is 0 Å². The molecule has 1 saturated heterocycles. The quantitative estimate of drug-likeness (QED) is 0.728. The van der Waals surface area contributed by atoms with E-state index in [1.54, 1.807) is 0 Å². The largest absolute Gasteiger partial charge is 0.340 e. The Morgan fingerprint density at radius 3 is 1.52 bits per heavy atom. The van der Waals surface area contributed by atoms with Crippen LogP contribution in [0.2, 0.25) is 0 Å². The van der Waals surface area contributed by atoms with Crippen LogP contribution in [0.4, 0.5) is 0 Å². The first kappa shape index (κ1) is 17.5. The van der Waals surface area contributed by atoms with Crippen LogP contribution in [0.15, 0.2) is 0 Å². The molecular weight excluding hydrogens is 308 g/mol. The van der Waals surface area contributed by atoms with E-state index in [2.05, 4.69) is 37.6 Å². The third-order valence-corrected chi connectivity index (χ3v) is 7.10. The van der Waals surface area contributed by atoms with Crippen LogP contribution in [-0.2, 0) is 4.79 Å². The standard InChI is InChI=1S/C19H32N2O.ClH/c1-16-9-17(2)11-18(3,10-16)14-19(12-16,13-17)15(22)21-7-5-20(4)6-8-21;/h5-14H2,1-4H3;1H. The summed E-state index contributed by atoms with van der Waals surface area (Å²) < 4.78 is 0. The normalized spacial score (nSPS) is 49.1. The van der Waals surface area contributed by atoms with Crippen LogP contribution < -0.4 is 0 Å². The van der Waals surface area contributed by atoms with Gasteiger partial charge in [-0.25, -0.2) is 0 Å². The molecule has 4 bridgehead atoms. The van der Waals surface area contributed by atoms with Crippen LogP contribution in [0.3, 0.4) is 0 Å². The van der Waals surface area contributed by atoms with Crippen LogP contribution in [0.25, 0.3) is 0 Å². The minimum Gasteiger partial charge on any atom is -0.340 e. The third kappa shape index (κ3) is 2.72. The van der Waals surface area contributed by atoms with Crippen LogP contribution >= 0.6 is 12.4 Å². The maximum Gasteiger partial charge on any atom is 0.228 e. The Balaban J connectivity index is 0.00000156. The van der Waals surface area contributed by atoms with Crippen molar-refractivity contribution in [2.45, 2.75) is 59.3 Å². The second-order valence-corrected chi connectivity index (χ2v) is 10.4. The fourth-order valence-electron chi connectivity index (χ4n) is 7.86. The lowest BCUT2D eigenvalue weighted by Gasteiger charge is -2.68. The lowest BCUT2D eigenvalue weighted by molar-refractivity contribution is -0.199. The van der Waals surface area contributed by atoms with E-state index in [4.69, 9.17) is 0 Å².